The van der Waals surface area contributed by atoms with E-state index in [9.17, 15) is 0 Å². The van der Waals surface area contributed by atoms with Crippen molar-refractivity contribution in [3.8, 4) is 5.75 Å². The van der Waals surface area contributed by atoms with E-state index in [2.05, 4.69) is 36.4 Å². The fraction of sp³-hybridized carbons (Fsp3) is 0.250. The molecule has 2 aromatic rings. The molecule has 0 saturated carbocycles. The normalized spacial score (nSPS) is 12.2. The van der Waals surface area contributed by atoms with Crippen molar-refractivity contribution in [2.75, 3.05) is 7.11 Å². The first-order valence-corrected chi connectivity index (χ1v) is 7.29. The lowest BCUT2D eigenvalue weighted by atomic mass is 10.1. The summed E-state index contributed by atoms with van der Waals surface area (Å²) in [7, 11) is 1.68. The molecule has 2 aromatic carbocycles. The van der Waals surface area contributed by atoms with Crippen LogP contribution in [0.15, 0.2) is 53.4 Å². The van der Waals surface area contributed by atoms with Crippen molar-refractivity contribution in [3.63, 3.8) is 0 Å². The molecule has 0 saturated heterocycles. The summed E-state index contributed by atoms with van der Waals surface area (Å²) in [6.07, 6.45) is 0. The summed E-state index contributed by atoms with van der Waals surface area (Å²) < 4.78 is 5.15. The number of hydrogen-bond acceptors (Lipinski definition) is 3. The lowest BCUT2D eigenvalue weighted by molar-refractivity contribution is 0.414. The average molecular weight is 273 g/mol. The Morgan fingerprint density at radius 2 is 1.89 bits per heavy atom. The van der Waals surface area contributed by atoms with E-state index in [1.54, 1.807) is 7.11 Å². The summed E-state index contributed by atoms with van der Waals surface area (Å²) >= 11 is 1.82. The Bertz CT molecular complexity index is 523. The van der Waals surface area contributed by atoms with Crippen LogP contribution in [0, 0.1) is 0 Å². The third-order valence-corrected chi connectivity index (χ3v) is 4.01. The molecule has 2 nitrogen and oxygen atoms in total. The van der Waals surface area contributed by atoms with Crippen LogP contribution in [0.2, 0.25) is 0 Å². The van der Waals surface area contributed by atoms with Gasteiger partial charge in [-0.05, 0) is 42.3 Å². The van der Waals surface area contributed by atoms with E-state index >= 15 is 0 Å². The lowest BCUT2D eigenvalue weighted by Crippen LogP contribution is -2.04. The molecule has 1 unspecified atom stereocenters. The van der Waals surface area contributed by atoms with Gasteiger partial charge in [0.15, 0.2) is 0 Å². The summed E-state index contributed by atoms with van der Waals surface area (Å²) in [5, 5.41) is 0. The first-order valence-electron chi connectivity index (χ1n) is 6.30. The molecular weight excluding hydrogens is 254 g/mol. The van der Waals surface area contributed by atoms with Gasteiger partial charge >= 0.3 is 0 Å². The van der Waals surface area contributed by atoms with Crippen molar-refractivity contribution in [1.82, 2.24) is 0 Å². The van der Waals surface area contributed by atoms with Crippen molar-refractivity contribution in [1.29, 1.82) is 0 Å². The monoisotopic (exact) mass is 273 g/mol. The Balaban J connectivity index is 1.99. The molecule has 3 heteroatoms. The maximum Gasteiger partial charge on any atom is 0.118 e. The summed E-state index contributed by atoms with van der Waals surface area (Å²) in [6, 6.07) is 16.7. The van der Waals surface area contributed by atoms with E-state index in [1.807, 2.05) is 30.8 Å². The minimum Gasteiger partial charge on any atom is -0.497 e. The van der Waals surface area contributed by atoms with E-state index < -0.39 is 0 Å². The van der Waals surface area contributed by atoms with Gasteiger partial charge in [0.05, 0.1) is 7.11 Å². The zero-order valence-corrected chi connectivity index (χ0v) is 12.1. The highest BCUT2D eigenvalue weighted by atomic mass is 32.2. The van der Waals surface area contributed by atoms with Crippen LogP contribution >= 0.6 is 11.8 Å². The summed E-state index contributed by atoms with van der Waals surface area (Å²) in [5.74, 6) is 1.85. The van der Waals surface area contributed by atoms with E-state index in [0.29, 0.717) is 0 Å². The summed E-state index contributed by atoms with van der Waals surface area (Å²) in [5.41, 5.74) is 8.37. The van der Waals surface area contributed by atoms with Gasteiger partial charge in [0.1, 0.15) is 5.75 Å². The standard InChI is InChI=1S/C16H19NOS/c1-12(17)14-4-3-5-16(10-14)19-11-13-6-8-15(18-2)9-7-13/h3-10,12H,11,17H2,1-2H3. The SMILES string of the molecule is COc1ccc(CSc2cccc(C(C)N)c2)cc1. The molecule has 2 N–H and O–H groups in total. The summed E-state index contributed by atoms with van der Waals surface area (Å²) in [4.78, 5) is 1.26. The molecule has 0 fully saturated rings. The molecule has 1 atom stereocenters. The highest BCUT2D eigenvalue weighted by Gasteiger charge is 2.02. The van der Waals surface area contributed by atoms with Gasteiger partial charge in [0.2, 0.25) is 0 Å². The summed E-state index contributed by atoms with van der Waals surface area (Å²) in [6.45, 7) is 2.01. The predicted molar refractivity (Wildman–Crippen MR) is 81.6 cm³/mol. The van der Waals surface area contributed by atoms with Crippen molar-refractivity contribution in [2.45, 2.75) is 23.6 Å². The van der Waals surface area contributed by atoms with Crippen LogP contribution in [0.25, 0.3) is 0 Å². The molecular formula is C16H19NOS. The van der Waals surface area contributed by atoms with Gasteiger partial charge in [-0.2, -0.15) is 0 Å². The van der Waals surface area contributed by atoms with Gasteiger partial charge in [-0.25, -0.2) is 0 Å². The second kappa shape index (κ2) is 6.64. The van der Waals surface area contributed by atoms with Gasteiger partial charge in [-0.3, -0.25) is 0 Å². The quantitative estimate of drug-likeness (QED) is 0.836. The Morgan fingerprint density at radius 3 is 2.53 bits per heavy atom. The zero-order chi connectivity index (χ0) is 13.7. The van der Waals surface area contributed by atoms with Gasteiger partial charge in [-0.1, -0.05) is 24.3 Å². The Morgan fingerprint density at radius 1 is 1.16 bits per heavy atom. The zero-order valence-electron chi connectivity index (χ0n) is 11.3. The number of hydrogen-bond donors (Lipinski definition) is 1. The van der Waals surface area contributed by atoms with Gasteiger partial charge in [0, 0.05) is 16.7 Å². The van der Waals surface area contributed by atoms with Crippen molar-refractivity contribution >= 4 is 11.8 Å². The maximum atomic E-state index is 5.90. The number of thioether (sulfide) groups is 1. The molecule has 0 aliphatic heterocycles. The second-order valence-electron chi connectivity index (χ2n) is 4.50. The Hall–Kier alpha value is -1.45. The minimum absolute atomic E-state index is 0.0848. The first kappa shape index (κ1) is 14.0. The van der Waals surface area contributed by atoms with E-state index in [0.717, 1.165) is 11.5 Å². The van der Waals surface area contributed by atoms with Crippen LogP contribution in [-0.2, 0) is 5.75 Å². The molecule has 0 aromatic heterocycles. The molecule has 0 aliphatic rings. The number of benzene rings is 2. The van der Waals surface area contributed by atoms with E-state index in [4.69, 9.17) is 10.5 Å². The molecule has 100 valence electrons. The predicted octanol–water partition coefficient (Wildman–Crippen LogP) is 4.01. The first-order chi connectivity index (χ1) is 9.19. The molecule has 0 radical (unpaired) electrons. The highest BCUT2D eigenvalue weighted by Crippen LogP contribution is 2.25. The van der Waals surface area contributed by atoms with Crippen molar-refractivity contribution < 1.29 is 4.74 Å². The fourth-order valence-corrected chi connectivity index (χ4v) is 2.70. The largest absolute Gasteiger partial charge is 0.497 e. The van der Waals surface area contributed by atoms with Crippen LogP contribution in [0.4, 0.5) is 0 Å². The van der Waals surface area contributed by atoms with E-state index in [1.165, 1.54) is 16.0 Å². The number of ether oxygens (including phenoxy) is 1. The van der Waals surface area contributed by atoms with Crippen molar-refractivity contribution in [2.24, 2.45) is 5.73 Å². The molecule has 0 bridgehead atoms. The highest BCUT2D eigenvalue weighted by molar-refractivity contribution is 7.98. The lowest BCUT2D eigenvalue weighted by Gasteiger charge is -2.08. The number of methoxy groups -OCH3 is 1. The Labute approximate surface area is 119 Å². The number of rotatable bonds is 5. The topological polar surface area (TPSA) is 35.2 Å². The molecule has 0 spiro atoms. The molecule has 0 aliphatic carbocycles. The van der Waals surface area contributed by atoms with Crippen LogP contribution in [-0.4, -0.2) is 7.11 Å². The van der Waals surface area contributed by atoms with Crippen LogP contribution < -0.4 is 10.5 Å². The van der Waals surface area contributed by atoms with E-state index in [-0.39, 0.29) is 6.04 Å². The molecule has 0 heterocycles. The van der Waals surface area contributed by atoms with Gasteiger partial charge in [-0.15, -0.1) is 11.8 Å². The van der Waals surface area contributed by atoms with Crippen LogP contribution in [0.3, 0.4) is 0 Å². The van der Waals surface area contributed by atoms with Gasteiger partial charge in [0.25, 0.3) is 0 Å². The minimum atomic E-state index is 0.0848. The number of nitrogens with two attached hydrogens (primary N) is 1. The molecule has 19 heavy (non-hydrogen) atoms. The third-order valence-electron chi connectivity index (χ3n) is 2.95. The van der Waals surface area contributed by atoms with Crippen molar-refractivity contribution in [3.05, 3.63) is 59.7 Å². The third kappa shape index (κ3) is 4.01. The Kier molecular flexibility index (Phi) is 4.88. The average Bonchev–Trinajstić information content (AvgIpc) is 2.46. The molecule has 0 amide bonds. The molecule has 2 rings (SSSR count). The van der Waals surface area contributed by atoms with Crippen LogP contribution in [0.5, 0.6) is 5.75 Å². The smallest absolute Gasteiger partial charge is 0.118 e. The second-order valence-corrected chi connectivity index (χ2v) is 5.55. The fourth-order valence-electron chi connectivity index (χ4n) is 1.78. The van der Waals surface area contributed by atoms with Crippen LogP contribution in [0.1, 0.15) is 24.1 Å². The maximum absolute atomic E-state index is 5.90. The van der Waals surface area contributed by atoms with Gasteiger partial charge < -0.3 is 10.5 Å².